The minimum absolute atomic E-state index is 0.0618. The molecule has 2 aromatic rings. The number of hydrogen-bond donors (Lipinski definition) is 3. The van der Waals surface area contributed by atoms with E-state index in [0.29, 0.717) is 19.5 Å². The lowest BCUT2D eigenvalue weighted by molar-refractivity contribution is -0.116. The molecule has 0 fully saturated rings. The molecule has 29 heavy (non-hydrogen) atoms. The Hall–Kier alpha value is -3.28. The molecule has 1 atom stereocenters. The van der Waals surface area contributed by atoms with Gasteiger partial charge in [-0.3, -0.25) is 9.79 Å². The van der Waals surface area contributed by atoms with Gasteiger partial charge >= 0.3 is 0 Å². The van der Waals surface area contributed by atoms with Crippen LogP contribution in [0.5, 0.6) is 0 Å². The van der Waals surface area contributed by atoms with Crippen LogP contribution in [0.15, 0.2) is 65.7 Å². The molecule has 0 radical (unpaired) electrons. The van der Waals surface area contributed by atoms with Crippen molar-refractivity contribution in [3.05, 3.63) is 71.8 Å². The van der Waals surface area contributed by atoms with Crippen LogP contribution in [0.25, 0.3) is 0 Å². The summed E-state index contributed by atoms with van der Waals surface area (Å²) in [6.07, 6.45) is 4.87. The number of nitrogens with zero attached hydrogens (tertiary/aromatic N) is 2. The Morgan fingerprint density at radius 1 is 1.10 bits per heavy atom. The number of rotatable bonds is 5. The second-order valence-electron chi connectivity index (χ2n) is 7.39. The number of carbonyl (C=O) groups excluding carboxylic acids is 1. The first kappa shape index (κ1) is 19.1. The largest absolute Gasteiger partial charge is 0.364 e. The molecule has 4 rings (SSSR count). The van der Waals surface area contributed by atoms with E-state index in [4.69, 9.17) is 0 Å². The lowest BCUT2D eigenvalue weighted by atomic mass is 9.90. The van der Waals surface area contributed by atoms with Gasteiger partial charge in [0.1, 0.15) is 0 Å². The molecule has 0 saturated heterocycles. The van der Waals surface area contributed by atoms with Crippen molar-refractivity contribution in [3.8, 4) is 0 Å². The number of hydrogen-bond acceptors (Lipinski definition) is 3. The number of benzene rings is 2. The van der Waals surface area contributed by atoms with Crippen LogP contribution in [0.2, 0.25) is 0 Å². The van der Waals surface area contributed by atoms with E-state index in [1.807, 2.05) is 18.2 Å². The van der Waals surface area contributed by atoms with Gasteiger partial charge in [-0.15, -0.1) is 0 Å². The highest BCUT2D eigenvalue weighted by atomic mass is 16.1. The lowest BCUT2D eigenvalue weighted by Crippen LogP contribution is -2.40. The van der Waals surface area contributed by atoms with E-state index >= 15 is 0 Å². The normalized spacial score (nSPS) is 18.4. The molecule has 2 aliphatic heterocycles. The molecule has 1 unspecified atom stereocenters. The van der Waals surface area contributed by atoms with Gasteiger partial charge in [0.25, 0.3) is 0 Å². The first-order chi connectivity index (χ1) is 14.2. The van der Waals surface area contributed by atoms with Gasteiger partial charge in [0.15, 0.2) is 5.96 Å². The summed E-state index contributed by atoms with van der Waals surface area (Å²) in [4.78, 5) is 18.6. The van der Waals surface area contributed by atoms with Gasteiger partial charge in [-0.05, 0) is 29.3 Å². The molecule has 0 aromatic heterocycles. The smallest absolute Gasteiger partial charge is 0.225 e. The minimum atomic E-state index is 0.0618. The topological polar surface area (TPSA) is 68.8 Å². The average Bonchev–Trinajstić information content (AvgIpc) is 3.29. The number of amides is 1. The first-order valence-corrected chi connectivity index (χ1v) is 10.0. The highest BCUT2D eigenvalue weighted by Gasteiger charge is 2.24. The third kappa shape index (κ3) is 4.59. The molecule has 1 amide bonds. The molecule has 6 heteroatoms. The van der Waals surface area contributed by atoms with Crippen LogP contribution in [-0.4, -0.2) is 38.5 Å². The molecule has 3 N–H and O–H groups in total. The van der Waals surface area contributed by atoms with Crippen molar-refractivity contribution in [2.75, 3.05) is 36.9 Å². The van der Waals surface area contributed by atoms with E-state index in [9.17, 15) is 4.79 Å². The molecule has 0 saturated carbocycles. The Labute approximate surface area is 171 Å². The van der Waals surface area contributed by atoms with Crippen LogP contribution in [0.3, 0.4) is 0 Å². The van der Waals surface area contributed by atoms with Gasteiger partial charge in [0.2, 0.25) is 5.91 Å². The fourth-order valence-corrected chi connectivity index (χ4v) is 3.82. The Kier molecular flexibility index (Phi) is 5.79. The first-order valence-electron chi connectivity index (χ1n) is 10.0. The molecule has 2 aromatic carbocycles. The van der Waals surface area contributed by atoms with Crippen LogP contribution < -0.4 is 20.9 Å². The van der Waals surface area contributed by atoms with Crippen molar-refractivity contribution >= 4 is 23.2 Å². The van der Waals surface area contributed by atoms with Crippen LogP contribution in [0.1, 0.15) is 23.5 Å². The van der Waals surface area contributed by atoms with E-state index in [-0.39, 0.29) is 11.8 Å². The maximum absolute atomic E-state index is 12.0. The van der Waals surface area contributed by atoms with Crippen molar-refractivity contribution in [2.24, 2.45) is 4.99 Å². The second-order valence-corrected chi connectivity index (χ2v) is 7.39. The van der Waals surface area contributed by atoms with Gasteiger partial charge in [0.05, 0.1) is 0 Å². The Morgan fingerprint density at radius 3 is 2.62 bits per heavy atom. The van der Waals surface area contributed by atoms with E-state index in [0.717, 1.165) is 24.7 Å². The Balaban J connectivity index is 1.31. The van der Waals surface area contributed by atoms with E-state index in [1.54, 1.807) is 7.05 Å². The summed E-state index contributed by atoms with van der Waals surface area (Å²) in [5.41, 5.74) is 4.52. The van der Waals surface area contributed by atoms with Gasteiger partial charge in [0, 0.05) is 56.9 Å². The zero-order valence-corrected chi connectivity index (χ0v) is 16.7. The molecule has 2 aliphatic rings. The van der Waals surface area contributed by atoms with Crippen LogP contribution in [0.4, 0.5) is 11.4 Å². The number of para-hydroxylation sites is 1. The van der Waals surface area contributed by atoms with Gasteiger partial charge in [-0.2, -0.15) is 0 Å². The summed E-state index contributed by atoms with van der Waals surface area (Å²) in [6.45, 7) is 3.32. The molecule has 6 nitrogen and oxygen atoms in total. The molecule has 0 aliphatic carbocycles. The fourth-order valence-electron chi connectivity index (χ4n) is 3.82. The number of nitrogens with one attached hydrogen (secondary N) is 3. The minimum Gasteiger partial charge on any atom is -0.364 e. The number of fused-ring (bicyclic) bond motifs is 1. The quantitative estimate of drug-likeness (QED) is 0.418. The summed E-state index contributed by atoms with van der Waals surface area (Å²) >= 11 is 0. The van der Waals surface area contributed by atoms with Crippen molar-refractivity contribution < 1.29 is 4.79 Å². The number of carbonyl (C=O) groups is 1. The number of aliphatic imine (C=N–C) groups is 1. The fraction of sp³-hybridized carbons (Fsp3) is 0.304. The highest BCUT2D eigenvalue weighted by Crippen LogP contribution is 2.31. The summed E-state index contributed by atoms with van der Waals surface area (Å²) in [5.74, 6) is 0.930. The van der Waals surface area contributed by atoms with Crippen molar-refractivity contribution in [2.45, 2.75) is 18.9 Å². The van der Waals surface area contributed by atoms with E-state index in [1.165, 1.54) is 16.8 Å². The zero-order chi connectivity index (χ0) is 20.1. The predicted octanol–water partition coefficient (Wildman–Crippen LogP) is 2.85. The van der Waals surface area contributed by atoms with Crippen LogP contribution >= 0.6 is 0 Å². The third-order valence-corrected chi connectivity index (χ3v) is 5.43. The average molecular weight is 390 g/mol. The maximum atomic E-state index is 12.0. The van der Waals surface area contributed by atoms with Crippen molar-refractivity contribution in [1.29, 1.82) is 0 Å². The van der Waals surface area contributed by atoms with E-state index < -0.39 is 0 Å². The standard InChI is InChI=1S/C23H27N5O/c1-24-23(25-15-17-8-10-19(11-9-17)28-12-4-5-13-28)26-16-18-14-22(29)27-21-7-3-2-6-20(18)21/h2-11,18H,12-16H2,1H3,(H,27,29)(H2,24,25,26). The van der Waals surface area contributed by atoms with Crippen LogP contribution in [-0.2, 0) is 11.3 Å². The predicted molar refractivity (Wildman–Crippen MR) is 118 cm³/mol. The second kappa shape index (κ2) is 8.82. The molecule has 0 bridgehead atoms. The van der Waals surface area contributed by atoms with Crippen molar-refractivity contribution in [1.82, 2.24) is 10.6 Å². The third-order valence-electron chi connectivity index (χ3n) is 5.43. The molecule has 150 valence electrons. The lowest BCUT2D eigenvalue weighted by Gasteiger charge is -2.26. The SMILES string of the molecule is CN=C(NCc1ccc(N2CC=CC2)cc1)NCC1CC(=O)Nc2ccccc21. The number of anilines is 2. The highest BCUT2D eigenvalue weighted by molar-refractivity contribution is 5.94. The zero-order valence-electron chi connectivity index (χ0n) is 16.7. The van der Waals surface area contributed by atoms with Crippen LogP contribution in [0, 0.1) is 0 Å². The summed E-state index contributed by atoms with van der Waals surface area (Å²) in [7, 11) is 1.76. The Morgan fingerprint density at radius 2 is 1.86 bits per heavy atom. The van der Waals surface area contributed by atoms with Gasteiger partial charge in [-0.25, -0.2) is 0 Å². The molecule has 2 heterocycles. The summed E-state index contributed by atoms with van der Waals surface area (Å²) < 4.78 is 0. The molecule has 0 spiro atoms. The van der Waals surface area contributed by atoms with Gasteiger partial charge < -0.3 is 20.9 Å². The van der Waals surface area contributed by atoms with E-state index in [2.05, 4.69) is 68.3 Å². The van der Waals surface area contributed by atoms with Gasteiger partial charge in [-0.1, -0.05) is 42.5 Å². The molecular weight excluding hydrogens is 362 g/mol. The van der Waals surface area contributed by atoms with Crippen molar-refractivity contribution in [3.63, 3.8) is 0 Å². The summed E-state index contributed by atoms with van der Waals surface area (Å²) in [5, 5.41) is 9.67. The number of guanidine groups is 1. The Bertz CT molecular complexity index is 911. The maximum Gasteiger partial charge on any atom is 0.225 e. The monoisotopic (exact) mass is 389 g/mol. The summed E-state index contributed by atoms with van der Waals surface area (Å²) in [6, 6.07) is 16.6. The molecular formula is C23H27N5O.